The van der Waals surface area contributed by atoms with Crippen LogP contribution < -0.4 is 5.32 Å². The molecule has 0 aliphatic heterocycles. The maximum atomic E-state index is 13.0. The fourth-order valence-electron chi connectivity index (χ4n) is 2.77. The number of hydrogen-bond acceptors (Lipinski definition) is 4. The van der Waals surface area contributed by atoms with Gasteiger partial charge in [-0.25, -0.2) is 0 Å². The molecule has 0 aliphatic rings. The first kappa shape index (κ1) is 23.6. The summed E-state index contributed by atoms with van der Waals surface area (Å²) in [5, 5.41) is 10.4. The standard InChI is InChI=1S/C20H16F6N4OS/c1-12-28-29-18(30(12)10-13-5-3-2-4-6-13)32-11-17(31)27-16-8-14(19(21,22)23)7-15(9-16)20(24,25)26/h2-9H,10-11H2,1H3,(H,27,31). The summed E-state index contributed by atoms with van der Waals surface area (Å²) in [6.07, 6.45) is -10.00. The van der Waals surface area contributed by atoms with Crippen molar-refractivity contribution in [3.63, 3.8) is 0 Å². The molecule has 3 rings (SSSR count). The maximum absolute atomic E-state index is 13.0. The lowest BCUT2D eigenvalue weighted by Crippen LogP contribution is -2.17. The highest BCUT2D eigenvalue weighted by Gasteiger charge is 2.37. The lowest BCUT2D eigenvalue weighted by atomic mass is 10.1. The van der Waals surface area contributed by atoms with E-state index in [1.54, 1.807) is 11.5 Å². The first-order valence-electron chi connectivity index (χ1n) is 9.09. The zero-order valence-corrected chi connectivity index (χ0v) is 17.3. The Morgan fingerprint density at radius 3 is 2.12 bits per heavy atom. The van der Waals surface area contributed by atoms with Gasteiger partial charge >= 0.3 is 12.4 Å². The molecule has 1 N–H and O–H groups in total. The molecule has 12 heteroatoms. The Hall–Kier alpha value is -3.02. The second-order valence-electron chi connectivity index (χ2n) is 6.73. The smallest absolute Gasteiger partial charge is 0.325 e. The van der Waals surface area contributed by atoms with Crippen LogP contribution in [0, 0.1) is 6.92 Å². The normalized spacial score (nSPS) is 12.1. The summed E-state index contributed by atoms with van der Waals surface area (Å²) in [7, 11) is 0. The Kier molecular flexibility index (Phi) is 6.82. The Morgan fingerprint density at radius 2 is 1.56 bits per heavy atom. The molecule has 1 heterocycles. The van der Waals surface area contributed by atoms with Gasteiger partial charge in [0.15, 0.2) is 5.16 Å². The topological polar surface area (TPSA) is 59.8 Å². The number of amides is 1. The Morgan fingerprint density at radius 1 is 0.969 bits per heavy atom. The number of aryl methyl sites for hydroxylation is 1. The van der Waals surface area contributed by atoms with E-state index < -0.39 is 35.1 Å². The molecular formula is C20H16F6N4OS. The van der Waals surface area contributed by atoms with Crippen LogP contribution in [0.1, 0.15) is 22.5 Å². The van der Waals surface area contributed by atoms with Gasteiger partial charge in [-0.3, -0.25) is 4.79 Å². The number of carbonyl (C=O) groups is 1. The Bertz CT molecular complexity index is 1060. The van der Waals surface area contributed by atoms with Gasteiger partial charge < -0.3 is 9.88 Å². The van der Waals surface area contributed by atoms with E-state index in [2.05, 4.69) is 15.5 Å². The summed E-state index contributed by atoms with van der Waals surface area (Å²) >= 11 is 0.967. The molecule has 0 aliphatic carbocycles. The zero-order chi connectivity index (χ0) is 23.5. The maximum Gasteiger partial charge on any atom is 0.416 e. The van der Waals surface area contributed by atoms with Crippen LogP contribution in [0.4, 0.5) is 32.0 Å². The first-order valence-corrected chi connectivity index (χ1v) is 10.1. The van der Waals surface area contributed by atoms with Gasteiger partial charge in [-0.15, -0.1) is 10.2 Å². The molecule has 0 unspecified atom stereocenters. The molecule has 0 atom stereocenters. The fourth-order valence-corrected chi connectivity index (χ4v) is 3.55. The van der Waals surface area contributed by atoms with Gasteiger partial charge in [-0.2, -0.15) is 26.3 Å². The van der Waals surface area contributed by atoms with Crippen molar-refractivity contribution in [3.8, 4) is 0 Å². The molecule has 0 saturated carbocycles. The lowest BCUT2D eigenvalue weighted by Gasteiger charge is -2.14. The summed E-state index contributed by atoms with van der Waals surface area (Å²) in [5.74, 6) is -0.483. The highest BCUT2D eigenvalue weighted by Crippen LogP contribution is 2.37. The highest BCUT2D eigenvalue weighted by molar-refractivity contribution is 7.99. The number of alkyl halides is 6. The Labute approximate surface area is 182 Å². The molecule has 0 radical (unpaired) electrons. The van der Waals surface area contributed by atoms with E-state index in [4.69, 9.17) is 0 Å². The van der Waals surface area contributed by atoms with Gasteiger partial charge in [0.25, 0.3) is 0 Å². The van der Waals surface area contributed by atoms with Gasteiger partial charge in [0.1, 0.15) is 5.82 Å². The minimum Gasteiger partial charge on any atom is -0.325 e. The molecular weight excluding hydrogens is 458 g/mol. The number of halogens is 6. The number of aromatic nitrogens is 3. The van der Waals surface area contributed by atoms with Gasteiger partial charge in [-0.05, 0) is 30.7 Å². The van der Waals surface area contributed by atoms with Crippen LogP contribution in [0.25, 0.3) is 0 Å². The van der Waals surface area contributed by atoms with Crippen LogP contribution in [0.2, 0.25) is 0 Å². The number of hydrogen-bond donors (Lipinski definition) is 1. The molecule has 5 nitrogen and oxygen atoms in total. The van der Waals surface area contributed by atoms with E-state index in [1.807, 2.05) is 30.3 Å². The molecule has 1 amide bonds. The molecule has 0 saturated heterocycles. The van der Waals surface area contributed by atoms with E-state index in [9.17, 15) is 31.1 Å². The van der Waals surface area contributed by atoms with Crippen molar-refractivity contribution in [3.05, 3.63) is 71.0 Å². The molecule has 2 aromatic carbocycles. The van der Waals surface area contributed by atoms with Crippen molar-refractivity contribution in [2.45, 2.75) is 31.0 Å². The molecule has 32 heavy (non-hydrogen) atoms. The van der Waals surface area contributed by atoms with Crippen molar-refractivity contribution in [1.82, 2.24) is 14.8 Å². The van der Waals surface area contributed by atoms with Crippen molar-refractivity contribution in [2.24, 2.45) is 0 Å². The largest absolute Gasteiger partial charge is 0.416 e. The number of rotatable bonds is 6. The first-order chi connectivity index (χ1) is 14.9. The third kappa shape index (κ3) is 6.02. The number of nitrogens with zero attached hydrogens (tertiary/aromatic N) is 3. The van der Waals surface area contributed by atoms with Crippen molar-refractivity contribution >= 4 is 23.4 Å². The number of carbonyl (C=O) groups excluding carboxylic acids is 1. The van der Waals surface area contributed by atoms with Crippen LogP contribution in [-0.2, 0) is 23.7 Å². The lowest BCUT2D eigenvalue weighted by molar-refractivity contribution is -0.143. The average Bonchev–Trinajstić information content (AvgIpc) is 3.05. The number of nitrogens with one attached hydrogen (secondary N) is 1. The summed E-state index contributed by atoms with van der Waals surface area (Å²) in [6.45, 7) is 2.16. The summed E-state index contributed by atoms with van der Waals surface area (Å²) < 4.78 is 79.5. The van der Waals surface area contributed by atoms with Crippen LogP contribution in [-0.4, -0.2) is 26.4 Å². The van der Waals surface area contributed by atoms with Crippen molar-refractivity contribution < 1.29 is 31.1 Å². The molecule has 1 aromatic heterocycles. The van der Waals surface area contributed by atoms with E-state index in [-0.39, 0.29) is 11.8 Å². The van der Waals surface area contributed by atoms with E-state index >= 15 is 0 Å². The van der Waals surface area contributed by atoms with Gasteiger partial charge in [0, 0.05) is 5.69 Å². The van der Waals surface area contributed by atoms with Crippen molar-refractivity contribution in [2.75, 3.05) is 11.1 Å². The van der Waals surface area contributed by atoms with Crippen LogP contribution in [0.5, 0.6) is 0 Å². The third-order valence-corrected chi connectivity index (χ3v) is 5.26. The van der Waals surface area contributed by atoms with Crippen LogP contribution in [0.3, 0.4) is 0 Å². The van der Waals surface area contributed by atoms with Crippen LogP contribution >= 0.6 is 11.8 Å². The Balaban J connectivity index is 1.72. The summed E-state index contributed by atoms with van der Waals surface area (Å²) in [6, 6.07) is 10.3. The number of anilines is 1. The van der Waals surface area contributed by atoms with E-state index in [1.165, 1.54) is 0 Å². The van der Waals surface area contributed by atoms with E-state index in [0.717, 1.165) is 17.3 Å². The summed E-state index contributed by atoms with van der Waals surface area (Å²) in [4.78, 5) is 12.2. The predicted molar refractivity (Wildman–Crippen MR) is 106 cm³/mol. The quantitative estimate of drug-likeness (QED) is 0.384. The van der Waals surface area contributed by atoms with E-state index in [0.29, 0.717) is 29.7 Å². The highest BCUT2D eigenvalue weighted by atomic mass is 32.2. The van der Waals surface area contributed by atoms with Crippen molar-refractivity contribution in [1.29, 1.82) is 0 Å². The zero-order valence-electron chi connectivity index (χ0n) is 16.5. The monoisotopic (exact) mass is 474 g/mol. The molecule has 170 valence electrons. The predicted octanol–water partition coefficient (Wildman–Crippen LogP) is 5.40. The molecule has 3 aromatic rings. The SMILES string of the molecule is Cc1nnc(SCC(=O)Nc2cc(C(F)(F)F)cc(C(F)(F)F)c2)n1Cc1ccccc1. The van der Waals surface area contributed by atoms with Gasteiger partial charge in [-0.1, -0.05) is 42.1 Å². The number of thioether (sulfide) groups is 1. The average molecular weight is 474 g/mol. The van der Waals surface area contributed by atoms with Gasteiger partial charge in [0.2, 0.25) is 5.91 Å². The summed E-state index contributed by atoms with van der Waals surface area (Å²) in [5.41, 5.74) is -2.65. The van der Waals surface area contributed by atoms with Gasteiger partial charge in [0.05, 0.1) is 23.4 Å². The third-order valence-electron chi connectivity index (χ3n) is 4.29. The second kappa shape index (κ2) is 9.23. The minimum absolute atomic E-state index is 0.000754. The minimum atomic E-state index is -5.00. The molecule has 0 bridgehead atoms. The van der Waals surface area contributed by atoms with Crippen LogP contribution in [0.15, 0.2) is 53.7 Å². The molecule has 0 fully saturated rings. The second-order valence-corrected chi connectivity index (χ2v) is 7.68. The fraction of sp³-hybridized carbons (Fsp3) is 0.250. The molecule has 0 spiro atoms. The number of benzene rings is 2.